The van der Waals surface area contributed by atoms with Crippen molar-refractivity contribution in [3.63, 3.8) is 0 Å². The minimum absolute atomic E-state index is 0.152. The molecule has 1 aliphatic heterocycles. The fourth-order valence-electron chi connectivity index (χ4n) is 5.44. The van der Waals surface area contributed by atoms with E-state index in [1.165, 1.54) is 0 Å². The van der Waals surface area contributed by atoms with Crippen molar-refractivity contribution in [3.8, 4) is 11.1 Å². The van der Waals surface area contributed by atoms with Gasteiger partial charge in [0.25, 0.3) is 17.7 Å². The molecule has 4 amide bonds. The number of amides is 4. The fourth-order valence-corrected chi connectivity index (χ4v) is 5.70. The number of nitrogens with one attached hydrogen (secondary N) is 2. The van der Waals surface area contributed by atoms with E-state index in [1.807, 2.05) is 66.7 Å². The summed E-state index contributed by atoms with van der Waals surface area (Å²) in [5.41, 5.74) is 10.7. The Hall–Kier alpha value is -5.51. The van der Waals surface area contributed by atoms with Crippen molar-refractivity contribution in [2.45, 2.75) is 13.1 Å². The van der Waals surface area contributed by atoms with Gasteiger partial charge in [0.05, 0.1) is 30.2 Å². The highest BCUT2D eigenvalue weighted by molar-refractivity contribution is 6.35. The maximum absolute atomic E-state index is 14.0. The van der Waals surface area contributed by atoms with Gasteiger partial charge in [-0.25, -0.2) is 0 Å². The zero-order valence-electron chi connectivity index (χ0n) is 24.0. The zero-order chi connectivity index (χ0) is 31.5. The first-order chi connectivity index (χ1) is 21.8. The minimum atomic E-state index is -0.587. The van der Waals surface area contributed by atoms with E-state index in [2.05, 4.69) is 10.6 Å². The van der Waals surface area contributed by atoms with Crippen LogP contribution in [0.1, 0.15) is 42.5 Å². The standard InChI is InChI=1S/C35H28ClN5O4/c36-29-18-24(38-33(43)27-12-6-5-11-26(27)22-8-2-1-3-9-22)14-16-28(29)35(45)41-21-25-15-17-31(34(44)39-32(42)19-37)40(25)20-23-10-4-7-13-30(23)41/h1-18H,19-21,37H2,(H,38,43)(H,39,42,44). The molecule has 6 rings (SSSR count). The molecule has 0 bridgehead atoms. The molecule has 4 aromatic carbocycles. The summed E-state index contributed by atoms with van der Waals surface area (Å²) in [5, 5.41) is 5.36. The number of benzene rings is 4. The highest BCUT2D eigenvalue weighted by atomic mass is 35.5. The van der Waals surface area contributed by atoms with Gasteiger partial charge in [-0.15, -0.1) is 0 Å². The molecule has 0 fully saturated rings. The lowest BCUT2D eigenvalue weighted by Crippen LogP contribution is -2.36. The number of rotatable bonds is 6. The maximum Gasteiger partial charge on any atom is 0.274 e. The van der Waals surface area contributed by atoms with Crippen molar-refractivity contribution in [3.05, 3.63) is 142 Å². The number of carbonyl (C=O) groups excluding carboxylic acids is 4. The molecule has 0 unspecified atom stereocenters. The van der Waals surface area contributed by atoms with Gasteiger partial charge in [0.2, 0.25) is 5.91 Å². The number of para-hydroxylation sites is 1. The molecule has 224 valence electrons. The van der Waals surface area contributed by atoms with E-state index in [9.17, 15) is 19.2 Å². The van der Waals surface area contributed by atoms with Gasteiger partial charge in [-0.05, 0) is 59.2 Å². The molecule has 10 heteroatoms. The van der Waals surface area contributed by atoms with Gasteiger partial charge in [-0.2, -0.15) is 0 Å². The van der Waals surface area contributed by atoms with Crippen molar-refractivity contribution in [1.29, 1.82) is 0 Å². The first kappa shape index (κ1) is 29.6. The third-order valence-corrected chi connectivity index (χ3v) is 7.94. The summed E-state index contributed by atoms with van der Waals surface area (Å²) in [6, 6.07) is 32.5. The van der Waals surface area contributed by atoms with E-state index in [4.69, 9.17) is 17.3 Å². The van der Waals surface area contributed by atoms with Crippen LogP contribution in [0.4, 0.5) is 11.4 Å². The number of imide groups is 1. The third-order valence-electron chi connectivity index (χ3n) is 7.63. The summed E-state index contributed by atoms with van der Waals surface area (Å²) >= 11 is 6.68. The summed E-state index contributed by atoms with van der Waals surface area (Å²) in [7, 11) is 0. The molecular formula is C35H28ClN5O4. The van der Waals surface area contributed by atoms with E-state index in [1.54, 1.807) is 51.9 Å². The molecule has 4 N–H and O–H groups in total. The molecule has 9 nitrogen and oxygen atoms in total. The molecule has 45 heavy (non-hydrogen) atoms. The number of nitrogens with two attached hydrogens (primary N) is 1. The Morgan fingerprint density at radius 3 is 2.27 bits per heavy atom. The zero-order valence-corrected chi connectivity index (χ0v) is 24.8. The van der Waals surface area contributed by atoms with Gasteiger partial charge < -0.3 is 20.5 Å². The molecule has 0 saturated carbocycles. The van der Waals surface area contributed by atoms with Crippen LogP contribution in [0, 0.1) is 0 Å². The van der Waals surface area contributed by atoms with Crippen molar-refractivity contribution >= 4 is 46.6 Å². The average Bonchev–Trinajstić information content (AvgIpc) is 3.38. The normalized spacial score (nSPS) is 12.0. The predicted molar refractivity (Wildman–Crippen MR) is 173 cm³/mol. The van der Waals surface area contributed by atoms with Crippen molar-refractivity contribution in [2.75, 3.05) is 16.8 Å². The molecule has 1 aliphatic rings. The van der Waals surface area contributed by atoms with Crippen LogP contribution in [0.3, 0.4) is 0 Å². The van der Waals surface area contributed by atoms with Gasteiger partial charge in [-0.1, -0.05) is 78.3 Å². The second kappa shape index (κ2) is 12.6. The number of hydrogen-bond acceptors (Lipinski definition) is 5. The van der Waals surface area contributed by atoms with Crippen LogP contribution in [-0.2, 0) is 17.9 Å². The number of fused-ring (bicyclic) bond motifs is 2. The van der Waals surface area contributed by atoms with Crippen LogP contribution in [0.2, 0.25) is 5.02 Å². The Morgan fingerprint density at radius 1 is 0.756 bits per heavy atom. The van der Waals surface area contributed by atoms with E-state index in [0.717, 1.165) is 16.7 Å². The van der Waals surface area contributed by atoms with E-state index in [0.29, 0.717) is 29.2 Å². The lowest BCUT2D eigenvalue weighted by molar-refractivity contribution is -0.118. The van der Waals surface area contributed by atoms with Crippen molar-refractivity contribution in [1.82, 2.24) is 9.88 Å². The Kier molecular flexibility index (Phi) is 8.28. The fraction of sp³-hybridized carbons (Fsp3) is 0.0857. The Bertz CT molecular complexity index is 1950. The Labute approximate surface area is 264 Å². The molecule has 0 spiro atoms. The predicted octanol–water partition coefficient (Wildman–Crippen LogP) is 5.48. The van der Waals surface area contributed by atoms with Gasteiger partial charge in [0, 0.05) is 22.6 Å². The van der Waals surface area contributed by atoms with Gasteiger partial charge in [-0.3, -0.25) is 24.5 Å². The van der Waals surface area contributed by atoms with Crippen LogP contribution >= 0.6 is 11.6 Å². The van der Waals surface area contributed by atoms with E-state index in [-0.39, 0.29) is 41.2 Å². The molecule has 1 aromatic heterocycles. The number of nitrogens with zero attached hydrogens (tertiary/aromatic N) is 2. The largest absolute Gasteiger partial charge is 0.334 e. The average molecular weight is 618 g/mol. The van der Waals surface area contributed by atoms with Crippen LogP contribution in [0.15, 0.2) is 109 Å². The maximum atomic E-state index is 14.0. The van der Waals surface area contributed by atoms with Crippen LogP contribution in [-0.4, -0.2) is 34.7 Å². The van der Waals surface area contributed by atoms with Gasteiger partial charge in [0.1, 0.15) is 5.69 Å². The number of anilines is 2. The first-order valence-corrected chi connectivity index (χ1v) is 14.6. The Balaban J connectivity index is 1.27. The van der Waals surface area contributed by atoms with E-state index >= 15 is 0 Å². The molecule has 0 saturated heterocycles. The quantitative estimate of drug-likeness (QED) is 0.232. The summed E-state index contributed by atoms with van der Waals surface area (Å²) in [5.74, 6) is -1.81. The number of hydrogen-bond donors (Lipinski definition) is 3. The molecule has 0 atom stereocenters. The topological polar surface area (TPSA) is 127 Å². The second-order valence-corrected chi connectivity index (χ2v) is 10.9. The summed E-state index contributed by atoms with van der Waals surface area (Å²) in [6.45, 7) is 0.151. The number of carbonyl (C=O) groups is 4. The van der Waals surface area contributed by atoms with E-state index < -0.39 is 11.8 Å². The first-order valence-electron chi connectivity index (χ1n) is 14.2. The van der Waals surface area contributed by atoms with Crippen LogP contribution in [0.25, 0.3) is 11.1 Å². The van der Waals surface area contributed by atoms with Crippen LogP contribution in [0.5, 0.6) is 0 Å². The minimum Gasteiger partial charge on any atom is -0.334 e. The smallest absolute Gasteiger partial charge is 0.274 e. The summed E-state index contributed by atoms with van der Waals surface area (Å²) < 4.78 is 1.78. The molecule has 0 aliphatic carbocycles. The lowest BCUT2D eigenvalue weighted by atomic mass is 9.99. The number of aromatic nitrogens is 1. The molecule has 2 heterocycles. The molecule has 0 radical (unpaired) electrons. The highest BCUT2D eigenvalue weighted by Gasteiger charge is 2.29. The molecular weight excluding hydrogens is 590 g/mol. The molecule has 5 aromatic rings. The third kappa shape index (κ3) is 5.99. The van der Waals surface area contributed by atoms with Crippen molar-refractivity contribution < 1.29 is 19.2 Å². The number of halogens is 1. The van der Waals surface area contributed by atoms with Gasteiger partial charge in [0.15, 0.2) is 0 Å². The van der Waals surface area contributed by atoms with Gasteiger partial charge >= 0.3 is 0 Å². The Morgan fingerprint density at radius 2 is 1.49 bits per heavy atom. The van der Waals surface area contributed by atoms with Crippen molar-refractivity contribution in [2.24, 2.45) is 5.73 Å². The second-order valence-electron chi connectivity index (χ2n) is 10.5. The lowest BCUT2D eigenvalue weighted by Gasteiger charge is -2.23. The van der Waals surface area contributed by atoms with Crippen LogP contribution < -0.4 is 21.3 Å². The summed E-state index contributed by atoms with van der Waals surface area (Å²) in [6.07, 6.45) is 0. The highest BCUT2D eigenvalue weighted by Crippen LogP contribution is 2.32. The monoisotopic (exact) mass is 617 g/mol. The summed E-state index contributed by atoms with van der Waals surface area (Å²) in [4.78, 5) is 53.5. The SMILES string of the molecule is NCC(=O)NC(=O)c1ccc2n1Cc1ccccc1N(C(=O)c1ccc(NC(=O)c3ccccc3-c3ccccc3)cc1Cl)C2.